The van der Waals surface area contributed by atoms with Crippen molar-refractivity contribution in [3.8, 4) is 5.75 Å². The van der Waals surface area contributed by atoms with Crippen molar-refractivity contribution in [3.05, 3.63) is 59.2 Å². The molecule has 2 amide bonds. The van der Waals surface area contributed by atoms with E-state index in [2.05, 4.69) is 5.32 Å². The highest BCUT2D eigenvalue weighted by Gasteiger charge is 2.21. The number of primary amides is 1. The van der Waals surface area contributed by atoms with Crippen LogP contribution >= 0.6 is 0 Å². The molecular formula is C19H22N2O3. The Labute approximate surface area is 141 Å². The molecule has 0 radical (unpaired) electrons. The number of benzene rings is 2. The maximum atomic E-state index is 12.5. The summed E-state index contributed by atoms with van der Waals surface area (Å²) in [4.78, 5) is 24.0. The van der Waals surface area contributed by atoms with Crippen molar-refractivity contribution >= 4 is 17.5 Å². The molecule has 0 heterocycles. The first kappa shape index (κ1) is 17.5. The summed E-state index contributed by atoms with van der Waals surface area (Å²) in [7, 11) is 0. The summed E-state index contributed by atoms with van der Waals surface area (Å²) in [6.45, 7) is 5.81. The molecule has 5 nitrogen and oxygen atoms in total. The summed E-state index contributed by atoms with van der Waals surface area (Å²) < 4.78 is 5.86. The number of anilines is 1. The Morgan fingerprint density at radius 3 is 2.50 bits per heavy atom. The van der Waals surface area contributed by atoms with Gasteiger partial charge >= 0.3 is 0 Å². The van der Waals surface area contributed by atoms with Crippen LogP contribution in [0.4, 0.5) is 5.69 Å². The van der Waals surface area contributed by atoms with Crippen LogP contribution in [0.3, 0.4) is 0 Å². The van der Waals surface area contributed by atoms with Crippen molar-refractivity contribution in [2.45, 2.75) is 33.3 Å². The molecule has 3 N–H and O–H groups in total. The van der Waals surface area contributed by atoms with Crippen LogP contribution < -0.4 is 15.8 Å². The molecule has 0 bridgehead atoms. The Kier molecular flexibility index (Phi) is 5.58. The molecular weight excluding hydrogens is 304 g/mol. The Balaban J connectivity index is 2.16. The predicted octanol–water partition coefficient (Wildman–Crippen LogP) is 3.20. The van der Waals surface area contributed by atoms with E-state index < -0.39 is 12.0 Å². The third-order valence-corrected chi connectivity index (χ3v) is 3.71. The van der Waals surface area contributed by atoms with Gasteiger partial charge in [-0.25, -0.2) is 0 Å². The largest absolute Gasteiger partial charge is 0.480 e. The van der Waals surface area contributed by atoms with Gasteiger partial charge in [0, 0.05) is 0 Å². The zero-order valence-electron chi connectivity index (χ0n) is 14.1. The average Bonchev–Trinajstić information content (AvgIpc) is 2.54. The van der Waals surface area contributed by atoms with Crippen molar-refractivity contribution in [2.24, 2.45) is 5.73 Å². The second kappa shape index (κ2) is 7.64. The molecule has 2 aromatic rings. The van der Waals surface area contributed by atoms with Crippen molar-refractivity contribution < 1.29 is 14.3 Å². The Morgan fingerprint density at radius 2 is 1.88 bits per heavy atom. The van der Waals surface area contributed by atoms with E-state index in [0.29, 0.717) is 17.9 Å². The summed E-state index contributed by atoms with van der Waals surface area (Å²) in [5.41, 5.74) is 8.10. The molecule has 0 aromatic heterocycles. The average molecular weight is 326 g/mol. The van der Waals surface area contributed by atoms with Gasteiger partial charge in [-0.2, -0.15) is 0 Å². The third kappa shape index (κ3) is 4.13. The smallest absolute Gasteiger partial charge is 0.265 e. The lowest BCUT2D eigenvalue weighted by atomic mass is 10.1. The molecule has 0 aliphatic heterocycles. The summed E-state index contributed by atoms with van der Waals surface area (Å²) in [6.07, 6.45) is -0.162. The van der Waals surface area contributed by atoms with Gasteiger partial charge in [0.25, 0.3) is 11.8 Å². The summed E-state index contributed by atoms with van der Waals surface area (Å²) >= 11 is 0. The highest BCUT2D eigenvalue weighted by molar-refractivity contribution is 6.04. The van der Waals surface area contributed by atoms with Crippen molar-refractivity contribution in [1.82, 2.24) is 0 Å². The highest BCUT2D eigenvalue weighted by atomic mass is 16.5. The van der Waals surface area contributed by atoms with Crippen LogP contribution in [-0.4, -0.2) is 17.9 Å². The van der Waals surface area contributed by atoms with Gasteiger partial charge in [0.2, 0.25) is 0 Å². The Bertz CT molecular complexity index is 756. The SMILES string of the molecule is CC[C@@H](Oc1ccc(C)cc1C)C(=O)Nc1ccccc1C(N)=O. The minimum atomic E-state index is -0.660. The lowest BCUT2D eigenvalue weighted by Crippen LogP contribution is -2.33. The van der Waals surface area contributed by atoms with Crippen molar-refractivity contribution in [1.29, 1.82) is 0 Å². The standard InChI is InChI=1S/C19H22N2O3/c1-4-16(24-17-10-9-12(2)11-13(17)3)19(23)21-15-8-6-5-7-14(15)18(20)22/h5-11,16H,4H2,1-3H3,(H2,20,22)(H,21,23)/t16-/m1/s1. The topological polar surface area (TPSA) is 81.4 Å². The molecule has 0 aliphatic carbocycles. The number of carbonyl (C=O) groups is 2. The number of aryl methyl sites for hydroxylation is 2. The maximum absolute atomic E-state index is 12.5. The van der Waals surface area contributed by atoms with Gasteiger partial charge in [0.05, 0.1) is 11.3 Å². The lowest BCUT2D eigenvalue weighted by Gasteiger charge is -2.19. The minimum Gasteiger partial charge on any atom is -0.480 e. The molecule has 2 rings (SSSR count). The fraction of sp³-hybridized carbons (Fsp3) is 0.263. The molecule has 126 valence electrons. The van der Waals surface area contributed by atoms with Gasteiger partial charge < -0.3 is 15.8 Å². The molecule has 5 heteroatoms. The van der Waals surface area contributed by atoms with Crippen LogP contribution in [-0.2, 0) is 4.79 Å². The van der Waals surface area contributed by atoms with Crippen molar-refractivity contribution in [2.75, 3.05) is 5.32 Å². The highest BCUT2D eigenvalue weighted by Crippen LogP contribution is 2.22. The van der Waals surface area contributed by atoms with Crippen molar-refractivity contribution in [3.63, 3.8) is 0 Å². The molecule has 1 atom stereocenters. The summed E-state index contributed by atoms with van der Waals surface area (Å²) in [5.74, 6) is -0.230. The van der Waals surface area contributed by atoms with E-state index in [-0.39, 0.29) is 11.5 Å². The van der Waals surface area contributed by atoms with Gasteiger partial charge in [-0.3, -0.25) is 9.59 Å². The number of nitrogens with two attached hydrogens (primary N) is 1. The van der Waals surface area contributed by atoms with E-state index in [1.54, 1.807) is 24.3 Å². The zero-order chi connectivity index (χ0) is 17.7. The predicted molar refractivity (Wildman–Crippen MR) is 94.2 cm³/mol. The Morgan fingerprint density at radius 1 is 1.17 bits per heavy atom. The van der Waals surface area contributed by atoms with Crippen LogP contribution in [0.1, 0.15) is 34.8 Å². The molecule has 24 heavy (non-hydrogen) atoms. The molecule has 0 spiro atoms. The number of hydrogen-bond acceptors (Lipinski definition) is 3. The first-order valence-electron chi connectivity index (χ1n) is 7.86. The molecule has 0 aliphatic rings. The first-order chi connectivity index (χ1) is 11.4. The lowest BCUT2D eigenvalue weighted by molar-refractivity contribution is -0.122. The quantitative estimate of drug-likeness (QED) is 0.855. The zero-order valence-corrected chi connectivity index (χ0v) is 14.1. The van der Waals surface area contributed by atoms with Crippen LogP contribution in [0.25, 0.3) is 0 Å². The number of para-hydroxylation sites is 1. The summed E-state index contributed by atoms with van der Waals surface area (Å²) in [5, 5.41) is 2.73. The minimum absolute atomic E-state index is 0.271. The second-order valence-electron chi connectivity index (χ2n) is 5.68. The molecule has 0 saturated heterocycles. The van der Waals surface area contributed by atoms with Gasteiger partial charge in [0.1, 0.15) is 5.75 Å². The van der Waals surface area contributed by atoms with Gasteiger partial charge in [0.15, 0.2) is 6.10 Å². The molecule has 0 unspecified atom stereocenters. The van der Waals surface area contributed by atoms with Crippen LogP contribution in [0, 0.1) is 13.8 Å². The number of carbonyl (C=O) groups excluding carboxylic acids is 2. The summed E-state index contributed by atoms with van der Waals surface area (Å²) in [6, 6.07) is 12.4. The van der Waals surface area contributed by atoms with Gasteiger partial charge in [-0.05, 0) is 44.0 Å². The van der Waals surface area contributed by atoms with Gasteiger partial charge in [-0.1, -0.05) is 36.8 Å². The van der Waals surface area contributed by atoms with Crippen LogP contribution in [0.15, 0.2) is 42.5 Å². The second-order valence-corrected chi connectivity index (χ2v) is 5.68. The van der Waals surface area contributed by atoms with E-state index in [0.717, 1.165) is 11.1 Å². The Hall–Kier alpha value is -2.82. The van der Waals surface area contributed by atoms with Gasteiger partial charge in [-0.15, -0.1) is 0 Å². The van der Waals surface area contributed by atoms with E-state index in [4.69, 9.17) is 10.5 Å². The normalized spacial score (nSPS) is 11.6. The molecule has 0 fully saturated rings. The first-order valence-corrected chi connectivity index (χ1v) is 7.86. The van der Waals surface area contributed by atoms with E-state index in [1.165, 1.54) is 0 Å². The van der Waals surface area contributed by atoms with E-state index in [1.807, 2.05) is 39.0 Å². The molecule has 2 aromatic carbocycles. The number of hydrogen-bond donors (Lipinski definition) is 2. The number of nitrogens with one attached hydrogen (secondary N) is 1. The third-order valence-electron chi connectivity index (χ3n) is 3.71. The van der Waals surface area contributed by atoms with E-state index in [9.17, 15) is 9.59 Å². The maximum Gasteiger partial charge on any atom is 0.265 e. The fourth-order valence-corrected chi connectivity index (χ4v) is 2.43. The van der Waals surface area contributed by atoms with Crippen LogP contribution in [0.5, 0.6) is 5.75 Å². The number of ether oxygens (including phenoxy) is 1. The monoisotopic (exact) mass is 326 g/mol. The van der Waals surface area contributed by atoms with E-state index >= 15 is 0 Å². The number of rotatable bonds is 6. The number of amides is 2. The molecule has 0 saturated carbocycles. The fourth-order valence-electron chi connectivity index (χ4n) is 2.43. The van der Waals surface area contributed by atoms with Crippen LogP contribution in [0.2, 0.25) is 0 Å².